The summed E-state index contributed by atoms with van der Waals surface area (Å²) < 4.78 is 21.7. The van der Waals surface area contributed by atoms with E-state index in [4.69, 9.17) is 9.63 Å². The summed E-state index contributed by atoms with van der Waals surface area (Å²) in [7, 11) is -4.88. The number of aliphatic hydroxyl groups is 2. The molecule has 0 spiro atoms. The molecule has 2 amide bonds. The van der Waals surface area contributed by atoms with Crippen molar-refractivity contribution < 1.29 is 77.8 Å². The van der Waals surface area contributed by atoms with Gasteiger partial charge in [-0.2, -0.15) is 0 Å². The van der Waals surface area contributed by atoms with Gasteiger partial charge in [0.1, 0.15) is 12.1 Å². The van der Waals surface area contributed by atoms with E-state index in [0.717, 1.165) is 77.0 Å². The van der Waals surface area contributed by atoms with Gasteiger partial charge in [-0.3, -0.25) is 23.5 Å². The molecule has 0 aliphatic heterocycles. The number of phosphoric ester groups is 1. The molecule has 3 atom stereocenters. The normalized spacial score (nSPS) is 13.8. The number of carboxylic acids is 1. The van der Waals surface area contributed by atoms with Gasteiger partial charge in [-0.15, -0.1) is 0 Å². The average Bonchev–Trinajstić information content (AvgIpc) is 3.15. The van der Waals surface area contributed by atoms with Gasteiger partial charge < -0.3 is 25.0 Å². The van der Waals surface area contributed by atoms with E-state index in [-0.39, 0.29) is 42.4 Å². The van der Waals surface area contributed by atoms with Gasteiger partial charge in [0.25, 0.3) is 0 Å². The predicted molar refractivity (Wildman–Crippen MR) is 214 cm³/mol. The standard InChI is InChI=1S/C42H78NO10P.Na/c1-3-5-7-9-11-13-15-17-19-21-23-25-27-29-31-33-40(46)43(39(42(48)49)37-53-54(50,51)52-36-38(45)35-44)41(47)34-32-30-28-26-24-22-20-18-16-14-12-10-8-6-4-2;/h17-20,38-39,44-45H,3-16,21-37H2,1-2H3,(H,48,49)(H,50,51);/q;+1/p-1/b19-17-,20-18-;/t38-,39+;/m1./s1. The zero-order valence-electron chi connectivity index (χ0n) is 35.0. The number of carbonyl (C=O) groups is 3. The van der Waals surface area contributed by atoms with Crippen molar-refractivity contribution in [3.63, 3.8) is 0 Å². The Morgan fingerprint density at radius 2 is 0.927 bits per heavy atom. The Labute approximate surface area is 356 Å². The van der Waals surface area contributed by atoms with Crippen molar-refractivity contribution in [3.8, 4) is 0 Å². The maximum Gasteiger partial charge on any atom is 1.00 e. The Hall–Kier alpha value is -0.880. The molecule has 0 aliphatic rings. The number of amides is 2. The molecule has 0 aromatic rings. The van der Waals surface area contributed by atoms with Gasteiger partial charge in [-0.1, -0.05) is 141 Å². The fraction of sp³-hybridized carbons (Fsp3) is 0.833. The molecule has 0 heterocycles. The molecule has 0 saturated carbocycles. The summed E-state index contributed by atoms with van der Waals surface area (Å²) in [6.07, 6.45) is 35.5. The largest absolute Gasteiger partial charge is 1.00 e. The molecule has 55 heavy (non-hydrogen) atoms. The number of unbranched alkanes of at least 4 members (excludes halogenated alkanes) is 22. The Kier molecular flexibility index (Phi) is 40.8. The monoisotopic (exact) mass is 810 g/mol. The molecule has 316 valence electrons. The van der Waals surface area contributed by atoms with E-state index < -0.39 is 57.6 Å². The van der Waals surface area contributed by atoms with Crippen molar-refractivity contribution in [1.29, 1.82) is 0 Å². The van der Waals surface area contributed by atoms with E-state index in [2.05, 4.69) is 42.7 Å². The molecule has 1 unspecified atom stereocenters. The Morgan fingerprint density at radius 1 is 0.600 bits per heavy atom. The van der Waals surface area contributed by atoms with Crippen LogP contribution in [0.1, 0.15) is 194 Å². The minimum atomic E-state index is -4.88. The number of carbonyl (C=O) groups excluding carboxylic acids is 3. The third-order valence-corrected chi connectivity index (χ3v) is 10.4. The fourth-order valence-corrected chi connectivity index (χ4v) is 6.87. The number of imide groups is 1. The molecule has 0 bridgehead atoms. The van der Waals surface area contributed by atoms with E-state index in [0.29, 0.717) is 17.7 Å². The summed E-state index contributed by atoms with van der Waals surface area (Å²) in [4.78, 5) is 49.4. The summed E-state index contributed by atoms with van der Waals surface area (Å²) in [5.41, 5.74) is 0. The molecule has 0 radical (unpaired) electrons. The molecular formula is C42H77NNaO10P. The fourth-order valence-electron chi connectivity index (χ4n) is 6.10. The van der Waals surface area contributed by atoms with Crippen LogP contribution in [0, 0.1) is 0 Å². The minimum absolute atomic E-state index is 0. The van der Waals surface area contributed by atoms with Gasteiger partial charge in [-0.25, -0.2) is 4.57 Å². The number of allylic oxidation sites excluding steroid dienone is 4. The number of rotatable bonds is 39. The number of nitrogens with zero attached hydrogens (tertiary/aromatic N) is 1. The van der Waals surface area contributed by atoms with E-state index in [9.17, 15) is 34.1 Å². The van der Waals surface area contributed by atoms with E-state index in [1.165, 1.54) is 77.0 Å². The summed E-state index contributed by atoms with van der Waals surface area (Å²) >= 11 is 0. The van der Waals surface area contributed by atoms with Crippen LogP contribution < -0.4 is 34.7 Å². The second kappa shape index (κ2) is 39.9. The van der Waals surface area contributed by atoms with Gasteiger partial charge in [0.2, 0.25) is 11.8 Å². The SMILES string of the molecule is CCCCCCCC/C=C\CCCCCCCC(=O)N(C(=O)CCCCCCC/C=C\CCCCCCCC)[C@@H](COP(=O)(O)OC[C@H](O)CO)C(=O)[O-].[Na+]. The zero-order chi connectivity index (χ0) is 40.1. The summed E-state index contributed by atoms with van der Waals surface area (Å²) in [5, 5.41) is 30.5. The van der Waals surface area contributed by atoms with Crippen LogP contribution in [0.4, 0.5) is 0 Å². The Morgan fingerprint density at radius 3 is 1.27 bits per heavy atom. The maximum absolute atomic E-state index is 13.3. The Bertz CT molecular complexity index is 992. The van der Waals surface area contributed by atoms with Crippen LogP contribution in [0.2, 0.25) is 0 Å². The second-order valence-electron chi connectivity index (χ2n) is 14.6. The average molecular weight is 810 g/mol. The first-order chi connectivity index (χ1) is 26.1. The first-order valence-electron chi connectivity index (χ1n) is 21.4. The molecule has 0 aromatic carbocycles. The van der Waals surface area contributed by atoms with Crippen molar-refractivity contribution >= 4 is 25.6 Å². The van der Waals surface area contributed by atoms with E-state index >= 15 is 0 Å². The van der Waals surface area contributed by atoms with Crippen LogP contribution >= 0.6 is 7.82 Å². The third kappa shape index (κ3) is 34.8. The summed E-state index contributed by atoms with van der Waals surface area (Å²) in [6, 6.07) is -1.94. The first-order valence-corrected chi connectivity index (χ1v) is 22.9. The van der Waals surface area contributed by atoms with Crippen LogP contribution in [-0.2, 0) is 28.0 Å². The predicted octanol–water partition coefficient (Wildman–Crippen LogP) is 6.03. The van der Waals surface area contributed by atoms with Gasteiger partial charge in [-0.05, 0) is 64.2 Å². The Balaban J connectivity index is 0. The van der Waals surface area contributed by atoms with Gasteiger partial charge in [0.05, 0.1) is 25.8 Å². The molecule has 0 saturated heterocycles. The van der Waals surface area contributed by atoms with Crippen LogP contribution in [0.5, 0.6) is 0 Å². The van der Waals surface area contributed by atoms with Crippen molar-refractivity contribution in [3.05, 3.63) is 24.3 Å². The van der Waals surface area contributed by atoms with Crippen molar-refractivity contribution in [2.75, 3.05) is 19.8 Å². The van der Waals surface area contributed by atoms with Gasteiger partial charge >= 0.3 is 37.4 Å². The number of phosphoric acid groups is 1. The van der Waals surface area contributed by atoms with Crippen LogP contribution in [0.15, 0.2) is 24.3 Å². The van der Waals surface area contributed by atoms with Crippen molar-refractivity contribution in [2.24, 2.45) is 0 Å². The molecule has 0 fully saturated rings. The smallest absolute Gasteiger partial charge is 0.548 e. The molecule has 0 rings (SSSR count). The van der Waals surface area contributed by atoms with Crippen LogP contribution in [-0.4, -0.2) is 69.8 Å². The van der Waals surface area contributed by atoms with Crippen molar-refractivity contribution in [2.45, 2.75) is 206 Å². The third-order valence-electron chi connectivity index (χ3n) is 9.46. The minimum Gasteiger partial charge on any atom is -0.548 e. The summed E-state index contributed by atoms with van der Waals surface area (Å²) in [5.74, 6) is -3.21. The number of aliphatic hydroxyl groups excluding tert-OH is 2. The topological polar surface area (TPSA) is 174 Å². The number of hydrogen-bond donors (Lipinski definition) is 3. The van der Waals surface area contributed by atoms with Gasteiger partial charge in [0, 0.05) is 12.8 Å². The van der Waals surface area contributed by atoms with Crippen molar-refractivity contribution in [1.82, 2.24) is 4.90 Å². The molecular weight excluding hydrogens is 732 g/mol. The van der Waals surface area contributed by atoms with E-state index in [1.54, 1.807) is 0 Å². The molecule has 3 N–H and O–H groups in total. The zero-order valence-corrected chi connectivity index (χ0v) is 37.9. The molecule has 11 nitrogen and oxygen atoms in total. The van der Waals surface area contributed by atoms with Gasteiger partial charge in [0.15, 0.2) is 0 Å². The maximum atomic E-state index is 13.3. The van der Waals surface area contributed by atoms with Crippen LogP contribution in [0.25, 0.3) is 0 Å². The number of hydrogen-bond acceptors (Lipinski definition) is 9. The first kappa shape index (κ1) is 56.2. The quantitative estimate of drug-likeness (QED) is 0.0288. The number of aliphatic carboxylic acids is 1. The van der Waals surface area contributed by atoms with Crippen LogP contribution in [0.3, 0.4) is 0 Å². The molecule has 13 heteroatoms. The van der Waals surface area contributed by atoms with E-state index in [1.807, 2.05) is 0 Å². The summed E-state index contributed by atoms with van der Waals surface area (Å²) in [6.45, 7) is 1.95. The number of carboxylic acid groups (broad SMARTS) is 1. The second-order valence-corrected chi connectivity index (χ2v) is 16.0. The molecule has 0 aliphatic carbocycles. The molecule has 0 aromatic heterocycles.